The molecule has 2 aromatic carbocycles. The molecule has 0 aliphatic heterocycles. The second-order valence-electron chi connectivity index (χ2n) is 7.85. The lowest BCUT2D eigenvalue weighted by atomic mass is 10.1. The fourth-order valence-electron chi connectivity index (χ4n) is 3.57. The number of nitrogens with zero attached hydrogens (tertiary/aromatic N) is 3. The molecule has 0 radical (unpaired) electrons. The van der Waals surface area contributed by atoms with Crippen LogP contribution < -0.4 is 0 Å². The van der Waals surface area contributed by atoms with Crippen LogP contribution in [-0.2, 0) is 13.1 Å². The maximum absolute atomic E-state index is 13.8. The second-order valence-corrected chi connectivity index (χ2v) is 7.85. The van der Waals surface area contributed by atoms with Gasteiger partial charge in [0.1, 0.15) is 17.5 Å². The predicted molar refractivity (Wildman–Crippen MR) is 111 cm³/mol. The Morgan fingerprint density at radius 2 is 1.83 bits per heavy atom. The highest BCUT2D eigenvalue weighted by Gasteiger charge is 2.22. The van der Waals surface area contributed by atoms with Gasteiger partial charge in [-0.2, -0.15) is 0 Å². The number of carbonyl (C=O) groups is 1. The molecule has 1 heterocycles. The number of hydrogen-bond acceptors (Lipinski definition) is 2. The summed E-state index contributed by atoms with van der Waals surface area (Å²) in [6.07, 6.45) is 0.857. The molecule has 154 valence electrons. The van der Waals surface area contributed by atoms with Gasteiger partial charge in [0.15, 0.2) is 0 Å². The molecule has 0 aliphatic carbocycles. The van der Waals surface area contributed by atoms with Crippen LogP contribution in [0.15, 0.2) is 36.4 Å². The first-order valence-electron chi connectivity index (χ1n) is 10.00. The zero-order valence-electron chi connectivity index (χ0n) is 17.4. The Hall–Kier alpha value is -2.76. The number of amides is 1. The molecule has 0 unspecified atom stereocenters. The number of fused-ring (bicyclic) bond motifs is 1. The fourth-order valence-corrected chi connectivity index (χ4v) is 3.57. The van der Waals surface area contributed by atoms with Gasteiger partial charge in [0.2, 0.25) is 0 Å². The Labute approximate surface area is 170 Å². The average Bonchev–Trinajstić information content (AvgIpc) is 2.99. The van der Waals surface area contributed by atoms with Crippen molar-refractivity contribution < 1.29 is 13.6 Å². The van der Waals surface area contributed by atoms with Crippen molar-refractivity contribution in [2.75, 3.05) is 6.54 Å². The van der Waals surface area contributed by atoms with Crippen molar-refractivity contribution >= 4 is 16.9 Å². The Morgan fingerprint density at radius 3 is 2.52 bits per heavy atom. The van der Waals surface area contributed by atoms with E-state index in [1.807, 2.05) is 25.3 Å². The summed E-state index contributed by atoms with van der Waals surface area (Å²) in [7, 11) is 0. The van der Waals surface area contributed by atoms with Gasteiger partial charge < -0.3 is 9.47 Å². The summed E-state index contributed by atoms with van der Waals surface area (Å²) in [5, 5.41) is 0. The molecule has 0 saturated carbocycles. The number of halogens is 2. The number of rotatable bonds is 7. The molecule has 0 spiro atoms. The van der Waals surface area contributed by atoms with E-state index in [-0.39, 0.29) is 24.2 Å². The summed E-state index contributed by atoms with van der Waals surface area (Å²) in [4.78, 5) is 19.6. The van der Waals surface area contributed by atoms with E-state index in [0.717, 1.165) is 17.5 Å². The number of hydrogen-bond donors (Lipinski definition) is 0. The van der Waals surface area contributed by atoms with Gasteiger partial charge in [-0.05, 0) is 55.2 Å². The van der Waals surface area contributed by atoms with Gasteiger partial charge in [0.05, 0.1) is 17.6 Å². The van der Waals surface area contributed by atoms with E-state index in [1.165, 1.54) is 24.3 Å². The van der Waals surface area contributed by atoms with E-state index < -0.39 is 5.82 Å². The van der Waals surface area contributed by atoms with Crippen molar-refractivity contribution in [2.24, 2.45) is 5.92 Å². The van der Waals surface area contributed by atoms with Gasteiger partial charge in [-0.1, -0.05) is 26.8 Å². The molecular formula is C23H27F2N3O. The van der Waals surface area contributed by atoms with Crippen molar-refractivity contribution in [1.29, 1.82) is 0 Å². The lowest BCUT2D eigenvalue weighted by Gasteiger charge is -2.25. The summed E-state index contributed by atoms with van der Waals surface area (Å²) >= 11 is 0. The molecule has 3 rings (SSSR count). The second kappa shape index (κ2) is 8.72. The molecule has 6 heteroatoms. The molecule has 0 atom stereocenters. The van der Waals surface area contributed by atoms with Crippen LogP contribution in [0.1, 0.15) is 48.9 Å². The Morgan fingerprint density at radius 1 is 1.14 bits per heavy atom. The largest absolute Gasteiger partial charge is 0.331 e. The van der Waals surface area contributed by atoms with Crippen molar-refractivity contribution in [3.8, 4) is 0 Å². The molecule has 0 N–H and O–H groups in total. The Balaban J connectivity index is 2.02. The van der Waals surface area contributed by atoms with Crippen molar-refractivity contribution in [3.63, 3.8) is 0 Å². The monoisotopic (exact) mass is 399 g/mol. The molecule has 1 amide bonds. The summed E-state index contributed by atoms with van der Waals surface area (Å²) in [6, 6.07) is 8.79. The van der Waals surface area contributed by atoms with E-state index >= 15 is 0 Å². The first-order chi connectivity index (χ1) is 13.8. The minimum absolute atomic E-state index is 0.225. The molecule has 3 aromatic rings. The zero-order valence-corrected chi connectivity index (χ0v) is 17.4. The highest BCUT2D eigenvalue weighted by atomic mass is 19.1. The fraction of sp³-hybridized carbons (Fsp3) is 0.391. The quantitative estimate of drug-likeness (QED) is 0.538. The molecular weight excluding hydrogens is 372 g/mol. The van der Waals surface area contributed by atoms with Crippen molar-refractivity contribution in [1.82, 2.24) is 14.5 Å². The molecule has 29 heavy (non-hydrogen) atoms. The van der Waals surface area contributed by atoms with Crippen LogP contribution in [0.3, 0.4) is 0 Å². The van der Waals surface area contributed by atoms with E-state index in [4.69, 9.17) is 0 Å². The van der Waals surface area contributed by atoms with Crippen LogP contribution in [0.4, 0.5) is 8.78 Å². The summed E-state index contributed by atoms with van der Waals surface area (Å²) in [5.74, 6) is -0.0364. The topological polar surface area (TPSA) is 38.1 Å². The van der Waals surface area contributed by atoms with Gasteiger partial charge in [0.25, 0.3) is 5.91 Å². The highest BCUT2D eigenvalue weighted by molar-refractivity contribution is 5.95. The maximum atomic E-state index is 13.8. The third-order valence-electron chi connectivity index (χ3n) is 4.87. The van der Waals surface area contributed by atoms with Gasteiger partial charge in [-0.3, -0.25) is 4.79 Å². The predicted octanol–water partition coefficient (Wildman–Crippen LogP) is 5.33. The smallest absolute Gasteiger partial charge is 0.254 e. The van der Waals surface area contributed by atoms with E-state index in [0.29, 0.717) is 30.0 Å². The average molecular weight is 399 g/mol. The van der Waals surface area contributed by atoms with Crippen LogP contribution in [0.5, 0.6) is 0 Å². The number of aryl methyl sites for hydroxylation is 2. The number of imidazole rings is 1. The van der Waals surface area contributed by atoms with Crippen LogP contribution in [-0.4, -0.2) is 26.9 Å². The lowest BCUT2D eigenvalue weighted by Crippen LogP contribution is -2.35. The number of benzene rings is 2. The van der Waals surface area contributed by atoms with E-state index in [2.05, 4.69) is 4.98 Å². The third-order valence-corrected chi connectivity index (χ3v) is 4.87. The molecule has 1 aromatic heterocycles. The van der Waals surface area contributed by atoms with Gasteiger partial charge in [-0.15, -0.1) is 0 Å². The van der Waals surface area contributed by atoms with Crippen LogP contribution in [0, 0.1) is 24.5 Å². The number of carbonyl (C=O) groups excluding carboxylic acids is 1. The molecule has 0 bridgehead atoms. The normalized spacial score (nSPS) is 11.4. The Bertz CT molecular complexity index is 1030. The minimum atomic E-state index is -0.433. The number of aromatic nitrogens is 2. The maximum Gasteiger partial charge on any atom is 0.254 e. The first-order valence-corrected chi connectivity index (χ1v) is 10.00. The van der Waals surface area contributed by atoms with E-state index in [1.54, 1.807) is 24.0 Å². The molecule has 0 aliphatic rings. The van der Waals surface area contributed by atoms with Crippen LogP contribution in [0.2, 0.25) is 0 Å². The van der Waals surface area contributed by atoms with Crippen LogP contribution in [0.25, 0.3) is 11.0 Å². The molecule has 0 saturated heterocycles. The first kappa shape index (κ1) is 21.0. The molecule has 0 fully saturated rings. The molecule has 4 nitrogen and oxygen atoms in total. The zero-order chi connectivity index (χ0) is 21.1. The summed E-state index contributed by atoms with van der Waals surface area (Å²) in [5.41, 5.74) is 2.51. The lowest BCUT2D eigenvalue weighted by molar-refractivity contribution is 0.0715. The van der Waals surface area contributed by atoms with E-state index in [9.17, 15) is 13.6 Å². The van der Waals surface area contributed by atoms with Gasteiger partial charge >= 0.3 is 0 Å². The minimum Gasteiger partial charge on any atom is -0.331 e. The Kier molecular flexibility index (Phi) is 6.30. The summed E-state index contributed by atoms with van der Waals surface area (Å²) < 4.78 is 29.5. The van der Waals surface area contributed by atoms with Gasteiger partial charge in [0, 0.05) is 18.7 Å². The highest BCUT2D eigenvalue weighted by Crippen LogP contribution is 2.21. The van der Waals surface area contributed by atoms with Crippen molar-refractivity contribution in [3.05, 3.63) is 65.0 Å². The third kappa shape index (κ3) is 4.63. The summed E-state index contributed by atoms with van der Waals surface area (Å²) in [6.45, 7) is 9.38. The van der Waals surface area contributed by atoms with Crippen LogP contribution >= 0.6 is 0 Å². The SMILES string of the molecule is CCCn1c(CN(CC(C)C)C(=O)c2cc(F)ccc2C)nc2ccc(F)cc21. The standard InChI is InChI=1S/C23H27F2N3O/c1-5-10-28-21-12-18(25)8-9-20(21)26-22(28)14-27(13-15(2)3)23(29)19-11-17(24)7-6-16(19)4/h6-9,11-12,15H,5,10,13-14H2,1-4H3. The van der Waals surface area contributed by atoms with Crippen molar-refractivity contribution in [2.45, 2.75) is 47.2 Å². The van der Waals surface area contributed by atoms with Gasteiger partial charge in [-0.25, -0.2) is 13.8 Å².